The van der Waals surface area contributed by atoms with E-state index >= 15 is 0 Å². The second-order valence-electron chi connectivity index (χ2n) is 17.0. The van der Waals surface area contributed by atoms with E-state index in [1.807, 2.05) is 0 Å². The number of nitrogens with zero attached hydrogens (tertiary/aromatic N) is 1. The Bertz CT molecular complexity index is 1390. The van der Waals surface area contributed by atoms with Crippen LogP contribution in [0.3, 0.4) is 0 Å². The van der Waals surface area contributed by atoms with Crippen LogP contribution in [0.1, 0.15) is 19.3 Å². The highest BCUT2D eigenvalue weighted by Gasteiger charge is 2.21. The summed E-state index contributed by atoms with van der Waals surface area (Å²) in [5.41, 5.74) is 0. The summed E-state index contributed by atoms with van der Waals surface area (Å²) in [4.78, 5) is 40.0. The van der Waals surface area contributed by atoms with Crippen LogP contribution in [0.2, 0.25) is 0 Å². The largest absolute Gasteiger partial charge is 0.382 e. The van der Waals surface area contributed by atoms with E-state index < -0.39 is 18.1 Å². The maximum Gasteiger partial charge on any atom is 0.239 e. The van der Waals surface area contributed by atoms with Gasteiger partial charge in [0, 0.05) is 40.8 Å². The van der Waals surface area contributed by atoms with Crippen molar-refractivity contribution >= 4 is 17.7 Å². The molecule has 0 aromatic rings. The lowest BCUT2D eigenvalue weighted by Crippen LogP contribution is -2.46. The Kier molecular flexibility index (Phi) is 67.4. The molecule has 0 saturated carbocycles. The van der Waals surface area contributed by atoms with E-state index in [1.54, 1.807) is 7.11 Å². The molecule has 0 bridgehead atoms. The van der Waals surface area contributed by atoms with E-state index in [0.717, 1.165) is 0 Å². The van der Waals surface area contributed by atoms with Crippen LogP contribution in [0.5, 0.6) is 0 Å². The number of carbonyl (C=O) groups is 3. The van der Waals surface area contributed by atoms with E-state index in [-0.39, 0.29) is 58.3 Å². The molecule has 2 N–H and O–H groups in total. The molecular weight excluding hydrogens is 1100 g/mol. The Hall–Kier alpha value is -2.91. The number of methoxy groups -OCH3 is 3. The summed E-state index contributed by atoms with van der Waals surface area (Å²) in [5, 5.41) is 5.46. The summed E-state index contributed by atoms with van der Waals surface area (Å²) in [6, 6.07) is 0. The summed E-state index contributed by atoms with van der Waals surface area (Å²) in [6.45, 7) is 16.8. The monoisotopic (exact) mass is 1210 g/mol. The van der Waals surface area contributed by atoms with Crippen LogP contribution in [0, 0.1) is 12.3 Å². The molecule has 0 unspecified atom stereocenters. The lowest BCUT2D eigenvalue weighted by molar-refractivity contribution is -0.140. The lowest BCUT2D eigenvalue weighted by Gasteiger charge is -2.22. The number of hydrogen-bond donors (Lipinski definition) is 2. The van der Waals surface area contributed by atoms with Crippen LogP contribution in [0.25, 0.3) is 0 Å². The fourth-order valence-corrected chi connectivity index (χ4v) is 6.24. The Morgan fingerprint density at radius 1 is 0.349 bits per heavy atom. The highest BCUT2D eigenvalue weighted by Crippen LogP contribution is 2.07. The molecule has 83 heavy (non-hydrogen) atoms. The van der Waals surface area contributed by atoms with Gasteiger partial charge in [-0.2, -0.15) is 0 Å². The van der Waals surface area contributed by atoms with E-state index in [9.17, 15) is 14.4 Å². The normalized spacial score (nSPS) is 11.5. The van der Waals surface area contributed by atoms with Gasteiger partial charge in [-0.15, -0.1) is 6.42 Å². The molecule has 0 aromatic heterocycles. The standard InChI is InChI=1S/C55H105N3O25/c1-5-11-65-16-19-69-24-27-73-32-35-77-40-41-78-36-33-74-28-25-70-20-17-66-12-9-56-52(59)50-58(54(61)7-6-8-55(63-3)64-4)51-53(60)57-10-13-67-18-21-71-26-29-75-34-37-79-42-43-81-46-47-83-49-48-82-45-44-80-39-38-76-31-30-72-23-22-68-15-14-62-2/h1,55H,6-51H2,2-4H3,(H,56,59)(H,57,60). The molecule has 3 amide bonds. The van der Waals surface area contributed by atoms with E-state index in [4.69, 9.17) is 111 Å². The van der Waals surface area contributed by atoms with Gasteiger partial charge in [-0.3, -0.25) is 14.4 Å². The van der Waals surface area contributed by atoms with Gasteiger partial charge in [0.05, 0.1) is 251 Å². The molecule has 0 atom stereocenters. The maximum atomic E-state index is 13.1. The van der Waals surface area contributed by atoms with Crippen molar-refractivity contribution in [2.75, 3.05) is 305 Å². The van der Waals surface area contributed by atoms with Gasteiger partial charge in [-0.05, 0) is 12.8 Å². The first kappa shape index (κ1) is 80.1. The summed E-state index contributed by atoms with van der Waals surface area (Å²) in [5.74, 6) is 1.18. The molecule has 0 rings (SSSR count). The Balaban J connectivity index is 3.80. The van der Waals surface area contributed by atoms with Gasteiger partial charge in [0.2, 0.25) is 17.7 Å². The molecule has 0 radical (unpaired) electrons. The van der Waals surface area contributed by atoms with Gasteiger partial charge >= 0.3 is 0 Å². The number of terminal acetylenes is 1. The van der Waals surface area contributed by atoms with Crippen LogP contribution in [-0.2, 0) is 119 Å². The van der Waals surface area contributed by atoms with Crippen molar-refractivity contribution < 1.29 is 119 Å². The van der Waals surface area contributed by atoms with Crippen molar-refractivity contribution in [2.45, 2.75) is 25.6 Å². The third-order valence-corrected chi connectivity index (χ3v) is 10.5. The quantitative estimate of drug-likeness (QED) is 0.0438. The van der Waals surface area contributed by atoms with Gasteiger partial charge < -0.3 is 120 Å². The number of ether oxygens (including phenoxy) is 22. The predicted octanol–water partition coefficient (Wildman–Crippen LogP) is -0.568. The fourth-order valence-electron chi connectivity index (χ4n) is 6.24. The van der Waals surface area contributed by atoms with Crippen molar-refractivity contribution in [3.05, 3.63) is 0 Å². The van der Waals surface area contributed by atoms with Crippen molar-refractivity contribution in [1.29, 1.82) is 0 Å². The Morgan fingerprint density at radius 2 is 0.578 bits per heavy atom. The van der Waals surface area contributed by atoms with Crippen molar-refractivity contribution in [2.24, 2.45) is 0 Å². The van der Waals surface area contributed by atoms with E-state index in [1.165, 1.54) is 19.1 Å². The number of hydrogen-bond acceptors (Lipinski definition) is 25. The molecule has 0 fully saturated rings. The zero-order chi connectivity index (χ0) is 60.1. The van der Waals surface area contributed by atoms with Crippen LogP contribution >= 0.6 is 0 Å². The van der Waals surface area contributed by atoms with Gasteiger partial charge in [0.15, 0.2) is 6.29 Å². The van der Waals surface area contributed by atoms with Crippen LogP contribution in [-0.4, -0.2) is 334 Å². The summed E-state index contributed by atoms with van der Waals surface area (Å²) in [6.07, 6.45) is 5.64. The SMILES string of the molecule is C#CCOCCOCCOCCOCCOCCOCCOCCOCCNC(=O)CN(CC(=O)NCCOCCOCCOCCOCCOCCOCCOCCOCCOCCOCCOCCOC)C(=O)CCCC(OC)OC. The zero-order valence-corrected chi connectivity index (χ0v) is 50.3. The van der Waals surface area contributed by atoms with Crippen LogP contribution in [0.4, 0.5) is 0 Å². The molecule has 490 valence electrons. The van der Waals surface area contributed by atoms with E-state index in [2.05, 4.69) is 16.6 Å². The second kappa shape index (κ2) is 69.9. The van der Waals surface area contributed by atoms with Crippen molar-refractivity contribution in [1.82, 2.24) is 15.5 Å². The predicted molar refractivity (Wildman–Crippen MR) is 301 cm³/mol. The summed E-state index contributed by atoms with van der Waals surface area (Å²) < 4.78 is 119. The van der Waals surface area contributed by atoms with Crippen molar-refractivity contribution in [3.63, 3.8) is 0 Å². The number of carbonyl (C=O) groups excluding carboxylic acids is 3. The average Bonchev–Trinajstić information content (AvgIpc) is 3.49. The Labute approximate surface area is 493 Å². The average molecular weight is 1210 g/mol. The number of amides is 3. The highest BCUT2D eigenvalue weighted by atomic mass is 16.7. The molecule has 0 heterocycles. The maximum absolute atomic E-state index is 13.1. The first-order valence-electron chi connectivity index (χ1n) is 28.7. The van der Waals surface area contributed by atoms with E-state index in [0.29, 0.717) is 251 Å². The molecule has 28 heteroatoms. The molecule has 0 aliphatic carbocycles. The topological polar surface area (TPSA) is 282 Å². The minimum Gasteiger partial charge on any atom is -0.382 e. The first-order chi connectivity index (χ1) is 41.0. The molecule has 0 aromatic carbocycles. The minimum atomic E-state index is -0.466. The summed E-state index contributed by atoms with van der Waals surface area (Å²) in [7, 11) is 4.66. The van der Waals surface area contributed by atoms with Crippen LogP contribution in [0.15, 0.2) is 0 Å². The van der Waals surface area contributed by atoms with Crippen LogP contribution < -0.4 is 10.6 Å². The smallest absolute Gasteiger partial charge is 0.239 e. The highest BCUT2D eigenvalue weighted by molar-refractivity contribution is 5.89. The summed E-state index contributed by atoms with van der Waals surface area (Å²) >= 11 is 0. The first-order valence-corrected chi connectivity index (χ1v) is 28.7. The zero-order valence-electron chi connectivity index (χ0n) is 50.3. The van der Waals surface area contributed by atoms with Gasteiger partial charge in [0.1, 0.15) is 19.7 Å². The van der Waals surface area contributed by atoms with Gasteiger partial charge in [0.25, 0.3) is 0 Å². The number of rotatable bonds is 71. The van der Waals surface area contributed by atoms with Crippen molar-refractivity contribution in [3.8, 4) is 12.3 Å². The lowest BCUT2D eigenvalue weighted by atomic mass is 10.2. The third kappa shape index (κ3) is 64.9. The molecular formula is C55H105N3O25. The molecule has 0 aliphatic rings. The molecule has 0 aliphatic heterocycles. The minimum absolute atomic E-state index is 0.0973. The molecule has 0 saturated heterocycles. The molecule has 28 nitrogen and oxygen atoms in total. The van der Waals surface area contributed by atoms with Gasteiger partial charge in [-0.25, -0.2) is 0 Å². The fraction of sp³-hybridized carbons (Fsp3) is 0.909. The second-order valence-corrected chi connectivity index (χ2v) is 17.0. The van der Waals surface area contributed by atoms with Gasteiger partial charge in [-0.1, -0.05) is 5.92 Å². The molecule has 0 spiro atoms. The third-order valence-electron chi connectivity index (χ3n) is 10.5. The Morgan fingerprint density at radius 3 is 0.807 bits per heavy atom. The number of nitrogens with one attached hydrogen (secondary N) is 2.